The Morgan fingerprint density at radius 2 is 2.10 bits per heavy atom. The van der Waals surface area contributed by atoms with Crippen molar-refractivity contribution in [1.82, 2.24) is 15.0 Å². The lowest BCUT2D eigenvalue weighted by Gasteiger charge is -2.07. The molecule has 0 aliphatic rings. The van der Waals surface area contributed by atoms with Crippen LogP contribution in [-0.2, 0) is 0 Å². The van der Waals surface area contributed by atoms with Crippen molar-refractivity contribution in [2.45, 2.75) is 20.8 Å². The molecule has 3 aromatic heterocycles. The molecule has 0 aliphatic carbocycles. The van der Waals surface area contributed by atoms with Crippen molar-refractivity contribution in [3.63, 3.8) is 0 Å². The van der Waals surface area contributed by atoms with E-state index in [1.807, 2.05) is 12.1 Å². The first kappa shape index (κ1) is 13.0. The van der Waals surface area contributed by atoms with Crippen molar-refractivity contribution in [3.05, 3.63) is 35.0 Å². The summed E-state index contributed by atoms with van der Waals surface area (Å²) in [5.74, 6) is 1.64. The van der Waals surface area contributed by atoms with Crippen molar-refractivity contribution in [1.29, 1.82) is 0 Å². The minimum atomic E-state index is 0.725. The highest BCUT2D eigenvalue weighted by Crippen LogP contribution is 2.34. The van der Waals surface area contributed by atoms with Gasteiger partial charge in [-0.1, -0.05) is 0 Å². The van der Waals surface area contributed by atoms with Gasteiger partial charge >= 0.3 is 0 Å². The number of fused-ring (bicyclic) bond motifs is 1. The molecule has 20 heavy (non-hydrogen) atoms. The molecular formula is C15H16N4S. The average molecular weight is 284 g/mol. The molecule has 4 nitrogen and oxygen atoms in total. The molecule has 5 heteroatoms. The molecule has 0 fully saturated rings. The number of rotatable bonds is 3. The molecule has 0 saturated carbocycles. The highest BCUT2D eigenvalue weighted by Gasteiger charge is 2.14. The largest absolute Gasteiger partial charge is 0.370 e. The third kappa shape index (κ3) is 2.14. The van der Waals surface area contributed by atoms with Gasteiger partial charge in [0.05, 0.1) is 5.39 Å². The van der Waals surface area contributed by atoms with Crippen LogP contribution < -0.4 is 5.32 Å². The number of anilines is 1. The van der Waals surface area contributed by atoms with Gasteiger partial charge in [-0.05, 0) is 38.5 Å². The van der Waals surface area contributed by atoms with Crippen LogP contribution >= 0.6 is 11.3 Å². The Morgan fingerprint density at radius 1 is 1.25 bits per heavy atom. The zero-order valence-corrected chi connectivity index (χ0v) is 12.6. The third-order valence-electron chi connectivity index (χ3n) is 3.29. The number of thiophene rings is 1. The molecule has 0 spiro atoms. The summed E-state index contributed by atoms with van der Waals surface area (Å²) >= 11 is 1.72. The summed E-state index contributed by atoms with van der Waals surface area (Å²) in [4.78, 5) is 15.8. The Kier molecular flexibility index (Phi) is 3.36. The molecule has 1 N–H and O–H groups in total. The highest BCUT2D eigenvalue weighted by molar-refractivity contribution is 7.18. The molecule has 0 aliphatic heterocycles. The number of pyridine rings is 1. The molecule has 0 atom stereocenters. The van der Waals surface area contributed by atoms with Crippen LogP contribution in [0.25, 0.3) is 21.6 Å². The van der Waals surface area contributed by atoms with E-state index < -0.39 is 0 Å². The zero-order valence-electron chi connectivity index (χ0n) is 11.8. The van der Waals surface area contributed by atoms with Gasteiger partial charge in [0.25, 0.3) is 0 Å². The molecule has 3 heterocycles. The van der Waals surface area contributed by atoms with Crippen LogP contribution in [0.15, 0.2) is 24.5 Å². The second-order valence-corrected chi connectivity index (χ2v) is 5.83. The van der Waals surface area contributed by atoms with E-state index in [4.69, 9.17) is 4.98 Å². The molecule has 0 saturated heterocycles. The summed E-state index contributed by atoms with van der Waals surface area (Å²) < 4.78 is 0. The summed E-state index contributed by atoms with van der Waals surface area (Å²) in [5, 5.41) is 4.49. The van der Waals surface area contributed by atoms with Crippen molar-refractivity contribution in [2.75, 3.05) is 11.9 Å². The predicted molar refractivity (Wildman–Crippen MR) is 84.3 cm³/mol. The molecule has 102 valence electrons. The first-order valence-corrected chi connectivity index (χ1v) is 7.44. The van der Waals surface area contributed by atoms with E-state index in [2.05, 4.69) is 36.1 Å². The monoisotopic (exact) mass is 284 g/mol. The van der Waals surface area contributed by atoms with Gasteiger partial charge in [0.15, 0.2) is 5.82 Å². The third-order valence-corrected chi connectivity index (χ3v) is 4.39. The SMILES string of the molecule is CCNc1nc(-c2cccnc2)nc2sc(C)c(C)c12. The van der Waals surface area contributed by atoms with E-state index in [0.717, 1.165) is 34.0 Å². The van der Waals surface area contributed by atoms with Crippen LogP contribution in [0.4, 0.5) is 5.82 Å². The minimum absolute atomic E-state index is 0.725. The number of aromatic nitrogens is 3. The van der Waals surface area contributed by atoms with E-state index in [1.54, 1.807) is 23.7 Å². The number of nitrogens with zero attached hydrogens (tertiary/aromatic N) is 3. The second kappa shape index (κ2) is 5.17. The number of nitrogens with one attached hydrogen (secondary N) is 1. The van der Waals surface area contributed by atoms with E-state index in [1.165, 1.54) is 10.4 Å². The summed E-state index contributed by atoms with van der Waals surface area (Å²) in [6.45, 7) is 7.17. The van der Waals surface area contributed by atoms with Gasteiger partial charge < -0.3 is 5.32 Å². The second-order valence-electron chi connectivity index (χ2n) is 4.63. The van der Waals surface area contributed by atoms with Gasteiger partial charge in [0.2, 0.25) is 0 Å². The Balaban J connectivity index is 2.26. The molecule has 0 bridgehead atoms. The van der Waals surface area contributed by atoms with Crippen molar-refractivity contribution >= 4 is 27.4 Å². The first-order chi connectivity index (χ1) is 9.70. The predicted octanol–water partition coefficient (Wildman–Crippen LogP) is 3.80. The Labute approximate surface area is 121 Å². The van der Waals surface area contributed by atoms with Crippen LogP contribution in [0.1, 0.15) is 17.4 Å². The summed E-state index contributed by atoms with van der Waals surface area (Å²) in [5.41, 5.74) is 2.20. The van der Waals surface area contributed by atoms with E-state index in [9.17, 15) is 0 Å². The van der Waals surface area contributed by atoms with Crippen LogP contribution in [0.5, 0.6) is 0 Å². The highest BCUT2D eigenvalue weighted by atomic mass is 32.1. The van der Waals surface area contributed by atoms with Gasteiger partial charge in [-0.2, -0.15) is 0 Å². The molecule has 0 unspecified atom stereocenters. The fourth-order valence-corrected chi connectivity index (χ4v) is 3.20. The molecule has 0 aromatic carbocycles. The van der Waals surface area contributed by atoms with Crippen molar-refractivity contribution < 1.29 is 0 Å². The topological polar surface area (TPSA) is 50.7 Å². The Bertz CT molecular complexity index is 749. The van der Waals surface area contributed by atoms with Gasteiger partial charge in [0, 0.05) is 29.4 Å². The smallest absolute Gasteiger partial charge is 0.164 e. The summed E-state index contributed by atoms with van der Waals surface area (Å²) in [6.07, 6.45) is 3.55. The maximum Gasteiger partial charge on any atom is 0.164 e. The van der Waals surface area contributed by atoms with Gasteiger partial charge in [-0.15, -0.1) is 11.3 Å². The van der Waals surface area contributed by atoms with Gasteiger partial charge in [-0.25, -0.2) is 9.97 Å². The molecule has 0 amide bonds. The fraction of sp³-hybridized carbons (Fsp3) is 0.267. The van der Waals surface area contributed by atoms with Crippen LogP contribution in [0, 0.1) is 13.8 Å². The Morgan fingerprint density at radius 3 is 2.80 bits per heavy atom. The molecular weight excluding hydrogens is 268 g/mol. The van der Waals surface area contributed by atoms with E-state index >= 15 is 0 Å². The first-order valence-electron chi connectivity index (χ1n) is 6.62. The standard InChI is InChI=1S/C15H16N4S/c1-4-17-14-12-9(2)10(3)20-15(12)19-13(18-14)11-6-5-7-16-8-11/h5-8H,4H2,1-3H3,(H,17,18,19). The maximum absolute atomic E-state index is 4.70. The quantitative estimate of drug-likeness (QED) is 0.794. The minimum Gasteiger partial charge on any atom is -0.370 e. The van der Waals surface area contributed by atoms with E-state index in [-0.39, 0.29) is 0 Å². The lowest BCUT2D eigenvalue weighted by Crippen LogP contribution is -2.02. The lowest BCUT2D eigenvalue weighted by molar-refractivity contribution is 1.14. The van der Waals surface area contributed by atoms with Crippen LogP contribution in [-0.4, -0.2) is 21.5 Å². The number of hydrogen-bond acceptors (Lipinski definition) is 5. The Hall–Kier alpha value is -2.01. The van der Waals surface area contributed by atoms with Crippen LogP contribution in [0.3, 0.4) is 0 Å². The molecule has 3 rings (SSSR count). The average Bonchev–Trinajstić information content (AvgIpc) is 2.75. The zero-order chi connectivity index (χ0) is 14.1. The normalized spacial score (nSPS) is 10.9. The van der Waals surface area contributed by atoms with Crippen molar-refractivity contribution in [2.24, 2.45) is 0 Å². The number of aryl methyl sites for hydroxylation is 2. The van der Waals surface area contributed by atoms with Gasteiger partial charge in [-0.3, -0.25) is 4.98 Å². The van der Waals surface area contributed by atoms with Gasteiger partial charge in [0.1, 0.15) is 10.6 Å². The van der Waals surface area contributed by atoms with Crippen molar-refractivity contribution in [3.8, 4) is 11.4 Å². The van der Waals surface area contributed by atoms with Crippen LogP contribution in [0.2, 0.25) is 0 Å². The van der Waals surface area contributed by atoms with E-state index in [0.29, 0.717) is 0 Å². The lowest BCUT2D eigenvalue weighted by atomic mass is 10.2. The maximum atomic E-state index is 4.70. The number of hydrogen-bond donors (Lipinski definition) is 1. The fourth-order valence-electron chi connectivity index (χ4n) is 2.17. The molecule has 3 aromatic rings. The summed E-state index contributed by atoms with van der Waals surface area (Å²) in [7, 11) is 0. The molecule has 0 radical (unpaired) electrons. The summed E-state index contributed by atoms with van der Waals surface area (Å²) in [6, 6.07) is 3.89.